The number of nitrogens with one attached hydrogen (secondary N) is 1. The van der Waals surface area contributed by atoms with E-state index in [2.05, 4.69) is 10.2 Å². The summed E-state index contributed by atoms with van der Waals surface area (Å²) in [5.74, 6) is -0.636. The minimum atomic E-state index is -0.429. The van der Waals surface area contributed by atoms with Crippen LogP contribution in [0.25, 0.3) is 0 Å². The predicted molar refractivity (Wildman–Crippen MR) is 143 cm³/mol. The van der Waals surface area contributed by atoms with Crippen molar-refractivity contribution in [1.82, 2.24) is 9.80 Å². The zero-order chi connectivity index (χ0) is 26.4. The van der Waals surface area contributed by atoms with E-state index >= 15 is 0 Å². The van der Waals surface area contributed by atoms with Crippen LogP contribution in [-0.4, -0.2) is 66.8 Å². The maximum atomic E-state index is 13.7. The molecule has 0 spiro atoms. The Balaban J connectivity index is 1.55. The molecule has 198 valence electrons. The summed E-state index contributed by atoms with van der Waals surface area (Å²) in [6, 6.07) is 11.3. The van der Waals surface area contributed by atoms with Crippen LogP contribution in [0.2, 0.25) is 0 Å². The summed E-state index contributed by atoms with van der Waals surface area (Å²) < 4.78 is 13.7. The Hall–Kier alpha value is -3.42. The summed E-state index contributed by atoms with van der Waals surface area (Å²) >= 11 is 0. The Labute approximate surface area is 218 Å². The monoisotopic (exact) mass is 508 g/mol. The van der Waals surface area contributed by atoms with Gasteiger partial charge < -0.3 is 20.0 Å². The van der Waals surface area contributed by atoms with Crippen LogP contribution in [-0.2, 0) is 4.79 Å². The lowest BCUT2D eigenvalue weighted by molar-refractivity contribution is -0.119. The zero-order valence-corrected chi connectivity index (χ0v) is 21.8. The molecular weight excluding hydrogens is 471 g/mol. The molecule has 1 saturated heterocycles. The van der Waals surface area contributed by atoms with Gasteiger partial charge in [0.15, 0.2) is 0 Å². The third-order valence-corrected chi connectivity index (χ3v) is 7.47. The van der Waals surface area contributed by atoms with Crippen LogP contribution in [0, 0.1) is 11.7 Å². The molecule has 1 heterocycles. The highest BCUT2D eigenvalue weighted by molar-refractivity contribution is 6.02. The van der Waals surface area contributed by atoms with Gasteiger partial charge in [-0.1, -0.05) is 18.9 Å². The van der Waals surface area contributed by atoms with Gasteiger partial charge in [-0.2, -0.15) is 0 Å². The molecule has 0 aromatic heterocycles. The number of carbonyl (C=O) groups is 3. The minimum absolute atomic E-state index is 0.0211. The number of rotatable bonds is 7. The predicted octanol–water partition coefficient (Wildman–Crippen LogP) is 4.79. The van der Waals surface area contributed by atoms with Crippen molar-refractivity contribution in [2.45, 2.75) is 46.0 Å². The van der Waals surface area contributed by atoms with Crippen LogP contribution in [0.3, 0.4) is 0 Å². The second kappa shape index (κ2) is 12.2. The van der Waals surface area contributed by atoms with Gasteiger partial charge in [-0.05, 0) is 69.5 Å². The lowest BCUT2D eigenvalue weighted by atomic mass is 10.1. The van der Waals surface area contributed by atoms with Gasteiger partial charge in [0.2, 0.25) is 5.91 Å². The summed E-state index contributed by atoms with van der Waals surface area (Å²) in [5.41, 5.74) is 2.33. The molecule has 3 amide bonds. The fraction of sp³-hybridized carbons (Fsp3) is 0.483. The summed E-state index contributed by atoms with van der Waals surface area (Å²) in [5, 5.41) is 3.03. The Morgan fingerprint density at radius 1 is 0.946 bits per heavy atom. The van der Waals surface area contributed by atoms with Gasteiger partial charge in [0.25, 0.3) is 11.8 Å². The molecular formula is C29H37FN4O3. The van der Waals surface area contributed by atoms with Crippen LogP contribution in [0.15, 0.2) is 42.5 Å². The van der Waals surface area contributed by atoms with Crippen molar-refractivity contribution in [3.63, 3.8) is 0 Å². The first-order valence-corrected chi connectivity index (χ1v) is 13.4. The van der Waals surface area contributed by atoms with Gasteiger partial charge in [0, 0.05) is 62.1 Å². The quantitative estimate of drug-likeness (QED) is 0.584. The largest absolute Gasteiger partial charge is 0.369 e. The normalized spacial score (nSPS) is 16.4. The van der Waals surface area contributed by atoms with Crippen molar-refractivity contribution in [2.24, 2.45) is 5.92 Å². The summed E-state index contributed by atoms with van der Waals surface area (Å²) in [6.45, 7) is 7.33. The second-order valence-corrected chi connectivity index (χ2v) is 9.82. The van der Waals surface area contributed by atoms with E-state index in [1.807, 2.05) is 26.0 Å². The van der Waals surface area contributed by atoms with E-state index < -0.39 is 5.82 Å². The fourth-order valence-electron chi connectivity index (χ4n) is 5.34. The smallest absolute Gasteiger partial charge is 0.256 e. The Kier molecular flexibility index (Phi) is 8.79. The molecule has 1 saturated carbocycles. The van der Waals surface area contributed by atoms with Gasteiger partial charge >= 0.3 is 0 Å². The molecule has 2 fully saturated rings. The maximum absolute atomic E-state index is 13.7. The van der Waals surface area contributed by atoms with E-state index in [4.69, 9.17) is 0 Å². The van der Waals surface area contributed by atoms with Crippen molar-refractivity contribution in [3.05, 3.63) is 59.4 Å². The average Bonchev–Trinajstić information content (AvgIpc) is 3.34. The highest BCUT2D eigenvalue weighted by Crippen LogP contribution is 2.30. The van der Waals surface area contributed by atoms with E-state index in [0.717, 1.165) is 37.8 Å². The van der Waals surface area contributed by atoms with Gasteiger partial charge in [-0.3, -0.25) is 14.4 Å². The van der Waals surface area contributed by atoms with Crippen LogP contribution in [0.1, 0.15) is 66.7 Å². The summed E-state index contributed by atoms with van der Waals surface area (Å²) in [6.07, 6.45) is 4.70. The highest BCUT2D eigenvalue weighted by Gasteiger charge is 2.26. The summed E-state index contributed by atoms with van der Waals surface area (Å²) in [7, 11) is 0. The number of amides is 3. The Morgan fingerprint density at radius 3 is 2.41 bits per heavy atom. The number of halogens is 1. The number of carbonyl (C=O) groups excluding carboxylic acids is 3. The van der Waals surface area contributed by atoms with Crippen molar-refractivity contribution >= 4 is 29.1 Å². The second-order valence-electron chi connectivity index (χ2n) is 9.82. The van der Waals surface area contributed by atoms with Crippen LogP contribution < -0.4 is 10.2 Å². The van der Waals surface area contributed by atoms with E-state index in [9.17, 15) is 18.8 Å². The van der Waals surface area contributed by atoms with Crippen LogP contribution in [0.5, 0.6) is 0 Å². The van der Waals surface area contributed by atoms with Crippen molar-refractivity contribution in [2.75, 3.05) is 49.5 Å². The Morgan fingerprint density at radius 2 is 1.70 bits per heavy atom. The first-order chi connectivity index (χ1) is 17.9. The molecule has 37 heavy (non-hydrogen) atoms. The van der Waals surface area contributed by atoms with E-state index in [1.54, 1.807) is 28.0 Å². The zero-order valence-electron chi connectivity index (χ0n) is 21.8. The molecule has 0 radical (unpaired) electrons. The van der Waals surface area contributed by atoms with Gasteiger partial charge in [-0.25, -0.2) is 4.39 Å². The first-order valence-electron chi connectivity index (χ1n) is 13.4. The minimum Gasteiger partial charge on any atom is -0.369 e. The van der Waals surface area contributed by atoms with Gasteiger partial charge in [-0.15, -0.1) is 0 Å². The summed E-state index contributed by atoms with van der Waals surface area (Å²) in [4.78, 5) is 44.9. The van der Waals surface area contributed by atoms with E-state index in [1.165, 1.54) is 12.1 Å². The molecule has 2 aromatic rings. The molecule has 8 heteroatoms. The topological polar surface area (TPSA) is 73.0 Å². The molecule has 2 aliphatic rings. The molecule has 0 bridgehead atoms. The van der Waals surface area contributed by atoms with Crippen LogP contribution >= 0.6 is 0 Å². The molecule has 1 aliphatic carbocycles. The molecule has 7 nitrogen and oxygen atoms in total. The SMILES string of the molecule is CCN(CC)C(=O)c1cc(NC(=O)C2CCCC2)ccc1N1CCCN(C(=O)c2cccc(F)c2)CC1. The molecule has 2 aromatic carbocycles. The molecule has 1 aliphatic heterocycles. The van der Waals surface area contributed by atoms with Crippen molar-refractivity contribution in [3.8, 4) is 0 Å². The van der Waals surface area contributed by atoms with Gasteiger partial charge in [0.1, 0.15) is 5.82 Å². The lowest BCUT2D eigenvalue weighted by Gasteiger charge is -2.28. The third-order valence-electron chi connectivity index (χ3n) is 7.47. The fourth-order valence-corrected chi connectivity index (χ4v) is 5.34. The van der Waals surface area contributed by atoms with Crippen molar-refractivity contribution in [1.29, 1.82) is 0 Å². The van der Waals surface area contributed by atoms with E-state index in [0.29, 0.717) is 56.1 Å². The standard InChI is InChI=1S/C29H37FN4O3/c1-3-32(4-2)29(37)25-20-24(31-27(35)21-9-5-6-10-21)13-14-26(25)33-15-8-16-34(18-17-33)28(36)22-11-7-12-23(30)19-22/h7,11-14,19-21H,3-6,8-10,15-18H2,1-2H3,(H,31,35). The number of nitrogens with zero attached hydrogens (tertiary/aromatic N) is 3. The third kappa shape index (κ3) is 6.29. The molecule has 1 N–H and O–H groups in total. The maximum Gasteiger partial charge on any atom is 0.256 e. The van der Waals surface area contributed by atoms with Crippen LogP contribution in [0.4, 0.5) is 15.8 Å². The number of anilines is 2. The molecule has 0 unspecified atom stereocenters. The number of benzene rings is 2. The molecule has 4 rings (SSSR count). The molecule has 0 atom stereocenters. The first kappa shape index (κ1) is 26.6. The highest BCUT2D eigenvalue weighted by atomic mass is 19.1. The average molecular weight is 509 g/mol. The number of hydrogen-bond acceptors (Lipinski definition) is 4. The number of hydrogen-bond donors (Lipinski definition) is 1. The lowest BCUT2D eigenvalue weighted by Crippen LogP contribution is -2.36. The van der Waals surface area contributed by atoms with Gasteiger partial charge in [0.05, 0.1) is 5.56 Å². The van der Waals surface area contributed by atoms with Crippen molar-refractivity contribution < 1.29 is 18.8 Å². The van der Waals surface area contributed by atoms with E-state index in [-0.39, 0.29) is 23.6 Å². The Bertz CT molecular complexity index is 1130.